The zero-order valence-electron chi connectivity index (χ0n) is 18.1. The van der Waals surface area contributed by atoms with Gasteiger partial charge in [0.2, 0.25) is 0 Å². The lowest BCUT2D eigenvalue weighted by Gasteiger charge is -2.26. The molecule has 1 aliphatic heterocycles. The number of benzene rings is 2. The molecular weight excluding hydrogens is 437 g/mol. The van der Waals surface area contributed by atoms with E-state index in [1.807, 2.05) is 18.2 Å². The van der Waals surface area contributed by atoms with Crippen LogP contribution in [-0.4, -0.2) is 49.4 Å². The van der Waals surface area contributed by atoms with Gasteiger partial charge in [-0.25, -0.2) is 0 Å². The summed E-state index contributed by atoms with van der Waals surface area (Å²) in [5.41, 5.74) is 2.73. The first-order chi connectivity index (χ1) is 15.9. The van der Waals surface area contributed by atoms with Gasteiger partial charge in [-0.05, 0) is 60.7 Å². The predicted molar refractivity (Wildman–Crippen MR) is 115 cm³/mol. The smallest absolute Gasteiger partial charge is 0.416 e. The maximum absolute atomic E-state index is 12.7. The highest BCUT2D eigenvalue weighted by Gasteiger charge is 2.30. The number of oxime groups is 1. The Bertz CT molecular complexity index is 1000. The molecule has 0 bridgehead atoms. The lowest BCUT2D eigenvalue weighted by atomic mass is 9.90. The Balaban J connectivity index is 1.34. The molecule has 6 nitrogen and oxygen atoms in total. The third-order valence-corrected chi connectivity index (χ3v) is 5.66. The van der Waals surface area contributed by atoms with Crippen LogP contribution in [0.4, 0.5) is 13.2 Å². The molecular formula is C24H25F3N2O4. The number of alkyl halides is 3. The van der Waals surface area contributed by atoms with E-state index in [-0.39, 0.29) is 19.1 Å². The molecule has 0 spiro atoms. The molecule has 4 rings (SSSR count). The van der Waals surface area contributed by atoms with Crippen LogP contribution in [0.25, 0.3) is 0 Å². The van der Waals surface area contributed by atoms with Crippen molar-refractivity contribution in [1.82, 2.24) is 4.90 Å². The molecule has 0 saturated carbocycles. The molecule has 1 saturated heterocycles. The monoisotopic (exact) mass is 462 g/mol. The molecule has 1 fully saturated rings. The van der Waals surface area contributed by atoms with Crippen molar-refractivity contribution in [3.63, 3.8) is 0 Å². The van der Waals surface area contributed by atoms with Crippen molar-refractivity contribution in [2.24, 2.45) is 5.16 Å². The van der Waals surface area contributed by atoms with Gasteiger partial charge in [0.25, 0.3) is 5.91 Å². The minimum atomic E-state index is -4.36. The largest absolute Gasteiger partial charge is 0.484 e. The number of nitrogens with zero attached hydrogens (tertiary/aromatic N) is 2. The highest BCUT2D eigenvalue weighted by molar-refractivity contribution is 6.02. The van der Waals surface area contributed by atoms with Crippen LogP contribution in [0, 0.1) is 0 Å². The van der Waals surface area contributed by atoms with E-state index in [1.54, 1.807) is 4.90 Å². The molecule has 0 N–H and O–H groups in total. The van der Waals surface area contributed by atoms with E-state index in [4.69, 9.17) is 14.3 Å². The topological polar surface area (TPSA) is 60.4 Å². The van der Waals surface area contributed by atoms with Gasteiger partial charge in [0.1, 0.15) is 12.4 Å². The summed E-state index contributed by atoms with van der Waals surface area (Å²) in [6, 6.07) is 10.5. The second-order valence-electron chi connectivity index (χ2n) is 7.96. The Morgan fingerprint density at radius 1 is 1.06 bits per heavy atom. The van der Waals surface area contributed by atoms with Crippen molar-refractivity contribution in [2.75, 3.05) is 32.9 Å². The van der Waals surface area contributed by atoms with Crippen molar-refractivity contribution in [3.05, 3.63) is 64.7 Å². The number of carbonyl (C=O) groups is 1. The molecule has 0 atom stereocenters. The molecule has 2 aromatic rings. The van der Waals surface area contributed by atoms with Crippen LogP contribution in [0.15, 0.2) is 47.6 Å². The first-order valence-corrected chi connectivity index (χ1v) is 10.9. The van der Waals surface area contributed by atoms with E-state index < -0.39 is 11.7 Å². The van der Waals surface area contributed by atoms with Gasteiger partial charge in [-0.15, -0.1) is 0 Å². The summed E-state index contributed by atoms with van der Waals surface area (Å²) in [5.74, 6) is 0.567. The van der Waals surface area contributed by atoms with Crippen LogP contribution in [-0.2, 0) is 33.6 Å². The summed E-state index contributed by atoms with van der Waals surface area (Å²) in [6.07, 6.45) is -1.85. The Labute approximate surface area is 189 Å². The van der Waals surface area contributed by atoms with E-state index in [9.17, 15) is 18.0 Å². The van der Waals surface area contributed by atoms with E-state index in [0.29, 0.717) is 37.6 Å². The minimum absolute atomic E-state index is 0.0179. The highest BCUT2D eigenvalue weighted by Crippen LogP contribution is 2.29. The molecule has 2 aromatic carbocycles. The molecule has 0 radical (unpaired) electrons. The lowest BCUT2D eigenvalue weighted by Crippen LogP contribution is -2.42. The summed E-state index contributed by atoms with van der Waals surface area (Å²) >= 11 is 0. The highest BCUT2D eigenvalue weighted by atomic mass is 19.4. The van der Waals surface area contributed by atoms with E-state index in [2.05, 4.69) is 5.16 Å². The van der Waals surface area contributed by atoms with Gasteiger partial charge in [0.05, 0.1) is 24.5 Å². The van der Waals surface area contributed by atoms with Gasteiger partial charge >= 0.3 is 6.18 Å². The SMILES string of the molecule is O=C(COc1ccc2c(c1)CCCC2=NOCc1ccc(C(F)(F)F)cc1)N1CCOCC1. The van der Waals surface area contributed by atoms with Crippen LogP contribution in [0.2, 0.25) is 0 Å². The Morgan fingerprint density at radius 3 is 2.55 bits per heavy atom. The zero-order chi connectivity index (χ0) is 23.3. The Hall–Kier alpha value is -3.07. The van der Waals surface area contributed by atoms with Crippen molar-refractivity contribution < 1.29 is 32.3 Å². The number of halogens is 3. The molecule has 0 aromatic heterocycles. The fourth-order valence-corrected chi connectivity index (χ4v) is 3.85. The van der Waals surface area contributed by atoms with Gasteiger partial charge in [-0.2, -0.15) is 13.2 Å². The Kier molecular flexibility index (Phi) is 7.17. The second-order valence-corrected chi connectivity index (χ2v) is 7.96. The van der Waals surface area contributed by atoms with Gasteiger partial charge in [0.15, 0.2) is 6.61 Å². The number of amides is 1. The maximum atomic E-state index is 12.7. The third-order valence-electron chi connectivity index (χ3n) is 5.66. The molecule has 0 unspecified atom stereocenters. The molecule has 33 heavy (non-hydrogen) atoms. The average molecular weight is 462 g/mol. The van der Waals surface area contributed by atoms with Crippen molar-refractivity contribution >= 4 is 11.6 Å². The number of ether oxygens (including phenoxy) is 2. The summed E-state index contributed by atoms with van der Waals surface area (Å²) < 4.78 is 49.0. The lowest BCUT2D eigenvalue weighted by molar-refractivity contribution is -0.138. The summed E-state index contributed by atoms with van der Waals surface area (Å²) in [7, 11) is 0. The molecule has 1 amide bonds. The fourth-order valence-electron chi connectivity index (χ4n) is 3.85. The Morgan fingerprint density at radius 2 is 1.82 bits per heavy atom. The van der Waals surface area contributed by atoms with E-state index >= 15 is 0 Å². The van der Waals surface area contributed by atoms with Crippen LogP contribution in [0.1, 0.15) is 35.1 Å². The molecule has 1 aliphatic carbocycles. The number of rotatable bonds is 6. The third kappa shape index (κ3) is 6.04. The molecule has 176 valence electrons. The normalized spacial score (nSPS) is 17.5. The van der Waals surface area contributed by atoms with Crippen LogP contribution in [0.3, 0.4) is 0 Å². The molecule has 2 aliphatic rings. The fraction of sp³-hybridized carbons (Fsp3) is 0.417. The summed E-state index contributed by atoms with van der Waals surface area (Å²) in [6.45, 7) is 2.33. The van der Waals surface area contributed by atoms with Crippen molar-refractivity contribution in [2.45, 2.75) is 32.0 Å². The van der Waals surface area contributed by atoms with E-state index in [0.717, 1.165) is 48.2 Å². The second kappa shape index (κ2) is 10.2. The van der Waals surface area contributed by atoms with E-state index in [1.165, 1.54) is 12.1 Å². The maximum Gasteiger partial charge on any atom is 0.416 e. The number of morpholine rings is 1. The standard InChI is InChI=1S/C24H25F3N2O4/c25-24(26,27)19-6-4-17(5-7-19)15-33-28-22-3-1-2-18-14-20(8-9-21(18)22)32-16-23(30)29-10-12-31-13-11-29/h4-9,14H,1-3,10-13,15-16H2. The van der Waals surface area contributed by atoms with Crippen molar-refractivity contribution in [3.8, 4) is 5.75 Å². The first-order valence-electron chi connectivity index (χ1n) is 10.9. The van der Waals surface area contributed by atoms with Gasteiger partial charge < -0.3 is 19.2 Å². The van der Waals surface area contributed by atoms with Gasteiger partial charge in [-0.1, -0.05) is 17.3 Å². The summed E-state index contributed by atoms with van der Waals surface area (Å²) in [4.78, 5) is 19.4. The molecule has 1 heterocycles. The minimum Gasteiger partial charge on any atom is -0.484 e. The average Bonchev–Trinajstić information content (AvgIpc) is 2.83. The molecule has 9 heteroatoms. The van der Waals surface area contributed by atoms with Crippen LogP contribution < -0.4 is 4.74 Å². The number of carbonyl (C=O) groups excluding carboxylic acids is 1. The van der Waals surface area contributed by atoms with Crippen LogP contribution in [0.5, 0.6) is 5.75 Å². The van der Waals surface area contributed by atoms with Crippen molar-refractivity contribution in [1.29, 1.82) is 0 Å². The number of hydrogen-bond donors (Lipinski definition) is 0. The quantitative estimate of drug-likeness (QED) is 0.604. The predicted octanol–water partition coefficient (Wildman–Crippen LogP) is 4.20. The van der Waals surface area contributed by atoms with Crippen LogP contribution >= 0.6 is 0 Å². The van der Waals surface area contributed by atoms with Gasteiger partial charge in [-0.3, -0.25) is 4.79 Å². The number of fused-ring (bicyclic) bond motifs is 1. The zero-order valence-corrected chi connectivity index (χ0v) is 18.1. The number of hydrogen-bond acceptors (Lipinski definition) is 5. The van der Waals surface area contributed by atoms with Gasteiger partial charge in [0, 0.05) is 18.7 Å². The summed E-state index contributed by atoms with van der Waals surface area (Å²) in [5, 5.41) is 4.24. The first kappa shape index (κ1) is 23.1. The number of aryl methyl sites for hydroxylation is 1.